The quantitative estimate of drug-likeness (QED) is 0.745. The zero-order valence-electron chi connectivity index (χ0n) is 7.51. The normalized spacial score (nSPS) is 9.80. The van der Waals surface area contributed by atoms with Gasteiger partial charge in [-0.25, -0.2) is 4.79 Å². The van der Waals surface area contributed by atoms with E-state index in [1.807, 2.05) is 6.07 Å². The van der Waals surface area contributed by atoms with Crippen LogP contribution in [0.3, 0.4) is 0 Å². The van der Waals surface area contributed by atoms with Gasteiger partial charge in [0.25, 0.3) is 0 Å². The van der Waals surface area contributed by atoms with Gasteiger partial charge >= 0.3 is 5.97 Å². The van der Waals surface area contributed by atoms with Crippen molar-refractivity contribution in [2.24, 2.45) is 0 Å². The Kier molecular flexibility index (Phi) is 2.03. The SMILES string of the molecule is N#Cc1cc(C(=O)O)cc2nccnc12. The molecule has 0 unspecified atom stereocenters. The first-order chi connectivity index (χ1) is 7.22. The Morgan fingerprint density at radius 1 is 1.33 bits per heavy atom. The van der Waals surface area contributed by atoms with E-state index in [4.69, 9.17) is 10.4 Å². The van der Waals surface area contributed by atoms with Crippen LogP contribution < -0.4 is 0 Å². The minimum atomic E-state index is -1.08. The zero-order valence-corrected chi connectivity index (χ0v) is 7.51. The van der Waals surface area contributed by atoms with Crippen molar-refractivity contribution in [3.05, 3.63) is 35.7 Å². The highest BCUT2D eigenvalue weighted by Gasteiger charge is 2.09. The number of fused-ring (bicyclic) bond motifs is 1. The number of nitrogens with zero attached hydrogens (tertiary/aromatic N) is 3. The highest BCUT2D eigenvalue weighted by Crippen LogP contribution is 2.16. The minimum Gasteiger partial charge on any atom is -0.478 e. The average Bonchev–Trinajstić information content (AvgIpc) is 2.27. The van der Waals surface area contributed by atoms with Crippen molar-refractivity contribution < 1.29 is 9.90 Å². The van der Waals surface area contributed by atoms with E-state index >= 15 is 0 Å². The summed E-state index contributed by atoms with van der Waals surface area (Å²) in [6, 6.07) is 4.58. The van der Waals surface area contributed by atoms with Gasteiger partial charge in [-0.05, 0) is 12.1 Å². The Bertz CT molecular complexity index is 587. The molecule has 15 heavy (non-hydrogen) atoms. The molecule has 0 aliphatic rings. The highest BCUT2D eigenvalue weighted by molar-refractivity contribution is 5.94. The van der Waals surface area contributed by atoms with Crippen LogP contribution in [0.25, 0.3) is 11.0 Å². The summed E-state index contributed by atoms with van der Waals surface area (Å²) in [5.41, 5.74) is 1.09. The van der Waals surface area contributed by atoms with E-state index in [9.17, 15) is 4.79 Å². The predicted molar refractivity (Wildman–Crippen MR) is 51.2 cm³/mol. The number of carboxylic acid groups (broad SMARTS) is 1. The second-order valence-electron chi connectivity index (χ2n) is 2.86. The largest absolute Gasteiger partial charge is 0.478 e. The molecule has 0 spiro atoms. The van der Waals surface area contributed by atoms with Crippen LogP contribution in [0.2, 0.25) is 0 Å². The molecule has 2 rings (SSSR count). The van der Waals surface area contributed by atoms with Gasteiger partial charge in [0.2, 0.25) is 0 Å². The molecule has 0 saturated carbocycles. The van der Waals surface area contributed by atoms with Crippen molar-refractivity contribution in [1.82, 2.24) is 9.97 Å². The van der Waals surface area contributed by atoms with Gasteiger partial charge in [-0.15, -0.1) is 0 Å². The van der Waals surface area contributed by atoms with E-state index < -0.39 is 5.97 Å². The van der Waals surface area contributed by atoms with Crippen molar-refractivity contribution in [2.75, 3.05) is 0 Å². The maximum absolute atomic E-state index is 10.8. The first kappa shape index (κ1) is 9.09. The molecule has 1 aromatic heterocycles. The maximum Gasteiger partial charge on any atom is 0.335 e. The van der Waals surface area contributed by atoms with Crippen LogP contribution in [0, 0.1) is 11.3 Å². The first-order valence-corrected chi connectivity index (χ1v) is 4.10. The number of rotatable bonds is 1. The molecule has 0 bridgehead atoms. The summed E-state index contributed by atoms with van der Waals surface area (Å²) in [5.74, 6) is -1.08. The van der Waals surface area contributed by atoms with Gasteiger partial charge in [-0.2, -0.15) is 5.26 Å². The van der Waals surface area contributed by atoms with Gasteiger partial charge in [0, 0.05) is 12.4 Å². The molecule has 0 aliphatic carbocycles. The summed E-state index contributed by atoms with van der Waals surface area (Å²) in [6.07, 6.45) is 2.92. The Labute approximate surface area is 84.6 Å². The number of nitriles is 1. The summed E-state index contributed by atoms with van der Waals surface area (Å²) in [5, 5.41) is 17.6. The summed E-state index contributed by atoms with van der Waals surface area (Å²) in [6.45, 7) is 0. The Morgan fingerprint density at radius 3 is 2.73 bits per heavy atom. The summed E-state index contributed by atoms with van der Waals surface area (Å²) < 4.78 is 0. The molecule has 0 atom stereocenters. The molecule has 1 aromatic carbocycles. The van der Waals surface area contributed by atoms with Crippen molar-refractivity contribution in [2.45, 2.75) is 0 Å². The molecule has 0 aliphatic heterocycles. The van der Waals surface area contributed by atoms with Crippen LogP contribution in [0.1, 0.15) is 15.9 Å². The van der Waals surface area contributed by atoms with Crippen LogP contribution >= 0.6 is 0 Å². The molecule has 5 heteroatoms. The third-order valence-electron chi connectivity index (χ3n) is 1.94. The predicted octanol–water partition coefficient (Wildman–Crippen LogP) is 1.20. The van der Waals surface area contributed by atoms with Crippen LogP contribution in [0.4, 0.5) is 0 Å². The van der Waals surface area contributed by atoms with E-state index in [-0.39, 0.29) is 11.1 Å². The third kappa shape index (κ3) is 1.48. The van der Waals surface area contributed by atoms with E-state index in [2.05, 4.69) is 9.97 Å². The standard InChI is InChI=1S/C10H5N3O2/c11-5-7-3-6(10(14)15)4-8-9(7)13-2-1-12-8/h1-4H,(H,14,15). The molecular formula is C10H5N3O2. The lowest BCUT2D eigenvalue weighted by Crippen LogP contribution is -1.98. The molecule has 1 N–H and O–H groups in total. The maximum atomic E-state index is 10.8. The molecular weight excluding hydrogens is 194 g/mol. The lowest BCUT2D eigenvalue weighted by atomic mass is 10.1. The van der Waals surface area contributed by atoms with Crippen molar-refractivity contribution >= 4 is 17.0 Å². The molecule has 0 saturated heterocycles. The fraction of sp³-hybridized carbons (Fsp3) is 0. The van der Waals surface area contributed by atoms with Gasteiger partial charge in [-0.3, -0.25) is 9.97 Å². The topological polar surface area (TPSA) is 86.9 Å². The van der Waals surface area contributed by atoms with E-state index in [0.717, 1.165) is 0 Å². The van der Waals surface area contributed by atoms with Gasteiger partial charge in [-0.1, -0.05) is 0 Å². The number of carbonyl (C=O) groups is 1. The van der Waals surface area contributed by atoms with E-state index in [1.165, 1.54) is 24.5 Å². The Morgan fingerprint density at radius 2 is 2.07 bits per heavy atom. The van der Waals surface area contributed by atoms with Crippen molar-refractivity contribution in [1.29, 1.82) is 5.26 Å². The van der Waals surface area contributed by atoms with Gasteiger partial charge in [0.15, 0.2) is 0 Å². The average molecular weight is 199 g/mol. The van der Waals surface area contributed by atoms with Crippen LogP contribution in [0.15, 0.2) is 24.5 Å². The smallest absolute Gasteiger partial charge is 0.335 e. The van der Waals surface area contributed by atoms with Gasteiger partial charge < -0.3 is 5.11 Å². The number of hydrogen-bond acceptors (Lipinski definition) is 4. The number of hydrogen-bond donors (Lipinski definition) is 1. The summed E-state index contributed by atoms with van der Waals surface area (Å²) in [4.78, 5) is 18.7. The lowest BCUT2D eigenvalue weighted by Gasteiger charge is -2.00. The minimum absolute atomic E-state index is 0.0413. The lowest BCUT2D eigenvalue weighted by molar-refractivity contribution is 0.0697. The summed E-state index contributed by atoms with van der Waals surface area (Å²) in [7, 11) is 0. The first-order valence-electron chi connectivity index (χ1n) is 4.10. The van der Waals surface area contributed by atoms with Crippen LogP contribution in [0.5, 0.6) is 0 Å². The van der Waals surface area contributed by atoms with Crippen LogP contribution in [-0.4, -0.2) is 21.0 Å². The van der Waals surface area contributed by atoms with Crippen LogP contribution in [-0.2, 0) is 0 Å². The zero-order chi connectivity index (χ0) is 10.8. The number of aromatic nitrogens is 2. The fourth-order valence-electron chi connectivity index (χ4n) is 1.28. The number of benzene rings is 1. The Hall–Kier alpha value is -2.48. The Balaban J connectivity index is 2.84. The molecule has 0 fully saturated rings. The molecule has 72 valence electrons. The number of carboxylic acids is 1. The van der Waals surface area contributed by atoms with E-state index in [1.54, 1.807) is 0 Å². The van der Waals surface area contributed by atoms with E-state index in [0.29, 0.717) is 11.0 Å². The fourth-order valence-corrected chi connectivity index (χ4v) is 1.28. The third-order valence-corrected chi connectivity index (χ3v) is 1.94. The highest BCUT2D eigenvalue weighted by atomic mass is 16.4. The summed E-state index contributed by atoms with van der Waals surface area (Å²) >= 11 is 0. The molecule has 1 heterocycles. The second kappa shape index (κ2) is 3.35. The van der Waals surface area contributed by atoms with Crippen molar-refractivity contribution in [3.8, 4) is 6.07 Å². The van der Waals surface area contributed by atoms with Crippen molar-refractivity contribution in [3.63, 3.8) is 0 Å². The number of aromatic carboxylic acids is 1. The second-order valence-corrected chi connectivity index (χ2v) is 2.86. The monoisotopic (exact) mass is 199 g/mol. The molecule has 0 amide bonds. The van der Waals surface area contributed by atoms with Gasteiger partial charge in [0.1, 0.15) is 11.6 Å². The molecule has 0 radical (unpaired) electrons. The molecule has 5 nitrogen and oxygen atoms in total. The van der Waals surface area contributed by atoms with Gasteiger partial charge in [0.05, 0.1) is 16.6 Å². The molecule has 2 aromatic rings.